The summed E-state index contributed by atoms with van der Waals surface area (Å²) in [4.78, 5) is 25.4. The number of anilines is 1. The van der Waals surface area contributed by atoms with E-state index >= 15 is 0 Å². The van der Waals surface area contributed by atoms with Crippen LogP contribution in [0.25, 0.3) is 0 Å². The normalized spacial score (nSPS) is 14.2. The lowest BCUT2D eigenvalue weighted by Crippen LogP contribution is -2.47. The minimum Gasteiger partial charge on any atom is -0.493 e. The fraction of sp³-hybridized carbons (Fsp3) is 0.375. The van der Waals surface area contributed by atoms with Crippen molar-refractivity contribution in [3.63, 3.8) is 0 Å². The van der Waals surface area contributed by atoms with Gasteiger partial charge in [-0.2, -0.15) is 0 Å². The van der Waals surface area contributed by atoms with Crippen LogP contribution in [-0.2, 0) is 11.2 Å². The Balaban J connectivity index is 1.90. The van der Waals surface area contributed by atoms with Crippen molar-refractivity contribution in [2.75, 3.05) is 45.8 Å². The second-order valence-electron chi connectivity index (χ2n) is 7.89. The number of amides is 3. The second-order valence-corrected chi connectivity index (χ2v) is 7.89. The molecule has 0 aliphatic carbocycles. The highest BCUT2D eigenvalue weighted by Crippen LogP contribution is 2.32. The summed E-state index contributed by atoms with van der Waals surface area (Å²) in [6.07, 6.45) is 0.506. The van der Waals surface area contributed by atoms with Crippen molar-refractivity contribution in [2.24, 2.45) is 0 Å². The van der Waals surface area contributed by atoms with Gasteiger partial charge in [-0.3, -0.25) is 10.2 Å². The molecule has 1 heterocycles. The molecule has 1 atom stereocenters. The summed E-state index contributed by atoms with van der Waals surface area (Å²) in [5.74, 6) is 1.10. The summed E-state index contributed by atoms with van der Waals surface area (Å²) in [6.45, 7) is 3.60. The quantitative estimate of drug-likeness (QED) is 0.456. The number of nitrogens with one attached hydrogen (secondary N) is 4. The van der Waals surface area contributed by atoms with Crippen molar-refractivity contribution in [3.05, 3.63) is 53.1 Å². The van der Waals surface area contributed by atoms with Crippen LogP contribution >= 0.6 is 0 Å². The van der Waals surface area contributed by atoms with Crippen molar-refractivity contribution >= 4 is 23.3 Å². The van der Waals surface area contributed by atoms with E-state index in [4.69, 9.17) is 14.9 Å². The molecule has 0 spiro atoms. The Labute approximate surface area is 194 Å². The Hall–Kier alpha value is -3.75. The molecule has 2 aromatic carbocycles. The van der Waals surface area contributed by atoms with Crippen molar-refractivity contribution in [3.8, 4) is 11.5 Å². The number of carbonyl (C=O) groups is 2. The molecule has 9 heteroatoms. The van der Waals surface area contributed by atoms with E-state index in [2.05, 4.69) is 16.0 Å². The van der Waals surface area contributed by atoms with Gasteiger partial charge in [-0.15, -0.1) is 0 Å². The fourth-order valence-electron chi connectivity index (χ4n) is 3.85. The molecule has 1 aliphatic heterocycles. The van der Waals surface area contributed by atoms with Gasteiger partial charge >= 0.3 is 6.03 Å². The molecule has 0 bridgehead atoms. The summed E-state index contributed by atoms with van der Waals surface area (Å²) in [7, 11) is 4.70. The van der Waals surface area contributed by atoms with E-state index in [1.807, 2.05) is 42.2 Å². The summed E-state index contributed by atoms with van der Waals surface area (Å²) in [6, 6.07) is 10.9. The van der Waals surface area contributed by atoms with Crippen LogP contribution in [0.15, 0.2) is 36.4 Å². The summed E-state index contributed by atoms with van der Waals surface area (Å²) < 4.78 is 10.9. The van der Waals surface area contributed by atoms with Crippen LogP contribution in [0.3, 0.4) is 0 Å². The highest BCUT2D eigenvalue weighted by atomic mass is 16.5. The highest BCUT2D eigenvalue weighted by Gasteiger charge is 2.20. The van der Waals surface area contributed by atoms with E-state index in [9.17, 15) is 9.59 Å². The smallest absolute Gasteiger partial charge is 0.314 e. The van der Waals surface area contributed by atoms with Crippen LogP contribution < -0.4 is 30.3 Å². The maximum Gasteiger partial charge on any atom is 0.314 e. The molecule has 0 aromatic heterocycles. The lowest BCUT2D eigenvalue weighted by molar-refractivity contribution is -0.120. The average molecular weight is 454 g/mol. The maximum atomic E-state index is 11.7. The van der Waals surface area contributed by atoms with E-state index in [-0.39, 0.29) is 18.0 Å². The number of rotatable bonds is 8. The lowest BCUT2D eigenvalue weighted by Gasteiger charge is -2.28. The van der Waals surface area contributed by atoms with Crippen molar-refractivity contribution in [1.29, 1.82) is 5.41 Å². The molecule has 1 aliphatic rings. The summed E-state index contributed by atoms with van der Waals surface area (Å²) in [5, 5.41) is 17.2. The number of hydrogen-bond acceptors (Lipinski definition) is 6. The average Bonchev–Trinajstić information content (AvgIpc) is 2.83. The fourth-order valence-corrected chi connectivity index (χ4v) is 3.85. The van der Waals surface area contributed by atoms with Gasteiger partial charge in [0, 0.05) is 43.0 Å². The molecule has 3 amide bonds. The first kappa shape index (κ1) is 23.9. The van der Waals surface area contributed by atoms with Crippen molar-refractivity contribution < 1.29 is 19.1 Å². The molecular formula is C24H31N5O4. The number of piperazine rings is 1. The predicted molar refractivity (Wildman–Crippen MR) is 128 cm³/mol. The second kappa shape index (κ2) is 10.7. The van der Waals surface area contributed by atoms with Crippen LogP contribution in [0.5, 0.6) is 11.5 Å². The SMILES string of the molecule is CNC(=O)NC(C)Cc1cc(OC)c(OC)cc1C(=N)c1ccc(N2CCNC(=O)C2)cc1. The van der Waals surface area contributed by atoms with E-state index in [1.54, 1.807) is 27.3 Å². The first-order valence-electron chi connectivity index (χ1n) is 10.8. The summed E-state index contributed by atoms with van der Waals surface area (Å²) in [5.41, 5.74) is 3.57. The Morgan fingerprint density at radius 2 is 1.85 bits per heavy atom. The minimum absolute atomic E-state index is 0.00697. The van der Waals surface area contributed by atoms with Gasteiger partial charge in [-0.05, 0) is 43.2 Å². The monoisotopic (exact) mass is 453 g/mol. The van der Waals surface area contributed by atoms with Gasteiger partial charge in [0.1, 0.15) is 0 Å². The van der Waals surface area contributed by atoms with Crippen LogP contribution in [0.2, 0.25) is 0 Å². The molecule has 176 valence electrons. The number of methoxy groups -OCH3 is 2. The van der Waals surface area contributed by atoms with E-state index < -0.39 is 0 Å². The number of hydrogen-bond donors (Lipinski definition) is 4. The van der Waals surface area contributed by atoms with Gasteiger partial charge < -0.3 is 30.3 Å². The number of ether oxygens (including phenoxy) is 2. The first-order valence-corrected chi connectivity index (χ1v) is 10.8. The van der Waals surface area contributed by atoms with E-state index in [0.29, 0.717) is 42.3 Å². The zero-order valence-electron chi connectivity index (χ0n) is 19.5. The van der Waals surface area contributed by atoms with Crippen molar-refractivity contribution in [2.45, 2.75) is 19.4 Å². The van der Waals surface area contributed by atoms with Crippen LogP contribution in [-0.4, -0.2) is 64.6 Å². The molecule has 0 radical (unpaired) electrons. The number of urea groups is 1. The van der Waals surface area contributed by atoms with E-state index in [1.165, 1.54) is 0 Å². The molecule has 3 rings (SSSR count). The number of carbonyl (C=O) groups excluding carboxylic acids is 2. The third-order valence-electron chi connectivity index (χ3n) is 5.57. The predicted octanol–water partition coefficient (Wildman–Crippen LogP) is 1.92. The third-order valence-corrected chi connectivity index (χ3v) is 5.57. The van der Waals surface area contributed by atoms with Gasteiger partial charge in [0.15, 0.2) is 11.5 Å². The topological polar surface area (TPSA) is 116 Å². The van der Waals surface area contributed by atoms with Gasteiger partial charge in [0.05, 0.1) is 26.5 Å². The van der Waals surface area contributed by atoms with Gasteiger partial charge in [0.25, 0.3) is 0 Å². The Kier molecular flexibility index (Phi) is 7.76. The number of nitrogens with zero attached hydrogens (tertiary/aromatic N) is 1. The van der Waals surface area contributed by atoms with Crippen molar-refractivity contribution in [1.82, 2.24) is 16.0 Å². The minimum atomic E-state index is -0.262. The maximum absolute atomic E-state index is 11.7. The van der Waals surface area contributed by atoms with Gasteiger partial charge in [-0.25, -0.2) is 4.79 Å². The molecule has 1 unspecified atom stereocenters. The van der Waals surface area contributed by atoms with Crippen LogP contribution in [0.4, 0.5) is 10.5 Å². The molecule has 4 N–H and O–H groups in total. The molecule has 1 fully saturated rings. The Bertz CT molecular complexity index is 1020. The summed E-state index contributed by atoms with van der Waals surface area (Å²) >= 11 is 0. The first-order chi connectivity index (χ1) is 15.9. The largest absolute Gasteiger partial charge is 0.493 e. The Morgan fingerprint density at radius 3 is 2.45 bits per heavy atom. The van der Waals surface area contributed by atoms with Gasteiger partial charge in [0.2, 0.25) is 5.91 Å². The lowest BCUT2D eigenvalue weighted by atomic mass is 9.93. The van der Waals surface area contributed by atoms with E-state index in [0.717, 1.165) is 23.4 Å². The van der Waals surface area contributed by atoms with Crippen LogP contribution in [0, 0.1) is 5.41 Å². The molecule has 33 heavy (non-hydrogen) atoms. The Morgan fingerprint density at radius 1 is 1.18 bits per heavy atom. The molecule has 0 saturated carbocycles. The van der Waals surface area contributed by atoms with Crippen LogP contribution in [0.1, 0.15) is 23.6 Å². The molecule has 1 saturated heterocycles. The van der Waals surface area contributed by atoms with Gasteiger partial charge in [-0.1, -0.05) is 12.1 Å². The standard InChI is InChI=1S/C24H31N5O4/c1-15(28-24(31)26-2)11-17-12-20(32-3)21(33-4)13-19(17)23(25)16-5-7-18(8-6-16)29-10-9-27-22(30)14-29/h5-8,12-13,15,25H,9-11,14H2,1-4H3,(H,27,30)(H2,26,28,31). The molecule has 9 nitrogen and oxygen atoms in total. The zero-order chi connectivity index (χ0) is 24.0. The molecular weight excluding hydrogens is 422 g/mol. The molecule has 2 aromatic rings. The highest BCUT2D eigenvalue weighted by molar-refractivity contribution is 6.12. The third kappa shape index (κ3) is 5.74. The number of benzene rings is 2. The zero-order valence-corrected chi connectivity index (χ0v) is 19.5.